The standard InChI is InChI=1S/C27H33N7O/c1-27(2)12-9-19(10-13-27)18-5-7-20(8-6-18)23-15-21(24(26(35)30-23)25(28)31-33-29)22-11-14-34(32-22)16-17-3-4-17/h5-9,11,14-15,17,33H,3-4,10,12-13,16,29H2,1-2H3,(H2,28,31)(H,30,35). The van der Waals surface area contributed by atoms with Gasteiger partial charge in [-0.25, -0.2) is 11.4 Å². The lowest BCUT2D eigenvalue weighted by atomic mass is 9.77. The summed E-state index contributed by atoms with van der Waals surface area (Å²) in [5.41, 5.74) is 14.1. The second kappa shape index (κ2) is 9.19. The Bertz CT molecular complexity index is 1340. The van der Waals surface area contributed by atoms with Crippen molar-refractivity contribution in [3.8, 4) is 22.5 Å². The van der Waals surface area contributed by atoms with E-state index in [-0.39, 0.29) is 17.0 Å². The summed E-state index contributed by atoms with van der Waals surface area (Å²) in [5.74, 6) is 6.03. The Morgan fingerprint density at radius 2 is 1.97 bits per heavy atom. The third-order valence-corrected chi connectivity index (χ3v) is 7.07. The highest BCUT2D eigenvalue weighted by Gasteiger charge is 2.24. The van der Waals surface area contributed by atoms with E-state index >= 15 is 0 Å². The van der Waals surface area contributed by atoms with Gasteiger partial charge in [0.05, 0.1) is 11.3 Å². The number of aromatic amines is 1. The fraction of sp³-hybridized carbons (Fsp3) is 0.370. The number of rotatable bonds is 7. The molecular formula is C27H33N7O. The Morgan fingerprint density at radius 1 is 1.23 bits per heavy atom. The molecule has 8 heteroatoms. The summed E-state index contributed by atoms with van der Waals surface area (Å²) in [6.45, 7) is 5.52. The van der Waals surface area contributed by atoms with E-state index < -0.39 is 0 Å². The predicted octanol–water partition coefficient (Wildman–Crippen LogP) is 3.99. The van der Waals surface area contributed by atoms with Crippen LogP contribution in [0, 0.1) is 11.3 Å². The maximum atomic E-state index is 13.2. The smallest absolute Gasteiger partial charge is 0.260 e. The minimum Gasteiger partial charge on any atom is -0.382 e. The largest absolute Gasteiger partial charge is 0.382 e. The monoisotopic (exact) mass is 471 g/mol. The molecule has 2 aliphatic carbocycles. The summed E-state index contributed by atoms with van der Waals surface area (Å²) < 4.78 is 1.93. The number of benzene rings is 1. The molecule has 35 heavy (non-hydrogen) atoms. The van der Waals surface area contributed by atoms with Gasteiger partial charge in [-0.05, 0) is 72.3 Å². The summed E-state index contributed by atoms with van der Waals surface area (Å²) >= 11 is 0. The van der Waals surface area contributed by atoms with Crippen molar-refractivity contribution in [3.05, 3.63) is 70.2 Å². The number of pyridine rings is 1. The van der Waals surface area contributed by atoms with E-state index in [2.05, 4.69) is 59.8 Å². The van der Waals surface area contributed by atoms with Crippen molar-refractivity contribution < 1.29 is 0 Å². The van der Waals surface area contributed by atoms with Crippen molar-refractivity contribution in [1.29, 1.82) is 0 Å². The topological polar surface area (TPSA) is 127 Å². The molecular weight excluding hydrogens is 438 g/mol. The number of amidine groups is 1. The number of allylic oxidation sites excluding steroid dienone is 2. The van der Waals surface area contributed by atoms with E-state index in [0.29, 0.717) is 28.3 Å². The SMILES string of the molecule is CC1(C)CC=C(c2ccc(-c3cc(-c4ccn(CC5CC5)n4)c(/C(N)=N/NN)c(=O)[nH]3)cc2)CC1. The molecule has 0 amide bonds. The van der Waals surface area contributed by atoms with Crippen LogP contribution in [0.15, 0.2) is 58.6 Å². The van der Waals surface area contributed by atoms with Crippen LogP contribution in [0.5, 0.6) is 0 Å². The van der Waals surface area contributed by atoms with E-state index in [0.717, 1.165) is 24.9 Å². The molecule has 0 aliphatic heterocycles. The number of hydrazine groups is 1. The Hall–Kier alpha value is -3.65. The molecule has 8 nitrogen and oxygen atoms in total. The average molecular weight is 472 g/mol. The number of hydrazone groups is 1. The van der Waals surface area contributed by atoms with Crippen LogP contribution in [-0.2, 0) is 6.54 Å². The molecule has 3 aromatic rings. The van der Waals surface area contributed by atoms with Crippen LogP contribution in [0.2, 0.25) is 0 Å². The van der Waals surface area contributed by atoms with E-state index in [1.165, 1.54) is 30.4 Å². The first-order valence-electron chi connectivity index (χ1n) is 12.2. The highest BCUT2D eigenvalue weighted by molar-refractivity contribution is 6.03. The third-order valence-electron chi connectivity index (χ3n) is 7.07. The molecule has 0 spiro atoms. The summed E-state index contributed by atoms with van der Waals surface area (Å²) in [7, 11) is 0. The summed E-state index contributed by atoms with van der Waals surface area (Å²) in [6, 6.07) is 12.2. The lowest BCUT2D eigenvalue weighted by Crippen LogP contribution is -2.30. The van der Waals surface area contributed by atoms with Gasteiger partial charge in [0.1, 0.15) is 0 Å². The maximum Gasteiger partial charge on any atom is 0.260 e. The van der Waals surface area contributed by atoms with Crippen LogP contribution in [0.25, 0.3) is 28.1 Å². The van der Waals surface area contributed by atoms with Crippen LogP contribution >= 0.6 is 0 Å². The second-order valence-corrected chi connectivity index (χ2v) is 10.5. The first-order chi connectivity index (χ1) is 16.8. The van der Waals surface area contributed by atoms with Crippen molar-refractivity contribution in [2.75, 3.05) is 0 Å². The van der Waals surface area contributed by atoms with Crippen LogP contribution in [0.1, 0.15) is 57.1 Å². The van der Waals surface area contributed by atoms with Crippen LogP contribution in [-0.4, -0.2) is 20.6 Å². The quantitative estimate of drug-likeness (QED) is 0.179. The van der Waals surface area contributed by atoms with E-state index in [9.17, 15) is 4.79 Å². The second-order valence-electron chi connectivity index (χ2n) is 10.5. The zero-order valence-corrected chi connectivity index (χ0v) is 20.3. The van der Waals surface area contributed by atoms with Gasteiger partial charge in [0.2, 0.25) is 0 Å². The number of hydrogen-bond donors (Lipinski definition) is 4. The van der Waals surface area contributed by atoms with Crippen molar-refractivity contribution >= 4 is 11.4 Å². The van der Waals surface area contributed by atoms with Gasteiger partial charge in [-0.1, -0.05) is 44.2 Å². The molecule has 1 aromatic carbocycles. The molecule has 0 bridgehead atoms. The summed E-state index contributed by atoms with van der Waals surface area (Å²) in [5, 5.41) is 8.57. The highest BCUT2D eigenvalue weighted by Crippen LogP contribution is 2.38. The molecule has 1 saturated carbocycles. The number of H-pyrrole nitrogens is 1. The normalized spacial score (nSPS) is 17.8. The average Bonchev–Trinajstić information content (AvgIpc) is 3.53. The van der Waals surface area contributed by atoms with Crippen molar-refractivity contribution in [3.63, 3.8) is 0 Å². The van der Waals surface area contributed by atoms with Gasteiger partial charge in [-0.2, -0.15) is 5.10 Å². The number of nitrogens with one attached hydrogen (secondary N) is 2. The van der Waals surface area contributed by atoms with Gasteiger partial charge in [0.15, 0.2) is 5.84 Å². The van der Waals surface area contributed by atoms with E-state index in [1.807, 2.05) is 23.0 Å². The lowest BCUT2D eigenvalue weighted by Gasteiger charge is -2.28. The van der Waals surface area contributed by atoms with Gasteiger partial charge < -0.3 is 10.7 Å². The number of hydrogen-bond acceptors (Lipinski definition) is 5. The first-order valence-corrected chi connectivity index (χ1v) is 12.2. The molecule has 0 atom stereocenters. The predicted molar refractivity (Wildman–Crippen MR) is 140 cm³/mol. The molecule has 0 radical (unpaired) electrons. The molecule has 6 N–H and O–H groups in total. The fourth-order valence-electron chi connectivity index (χ4n) is 4.67. The van der Waals surface area contributed by atoms with Gasteiger partial charge >= 0.3 is 0 Å². The molecule has 2 aromatic heterocycles. The maximum absolute atomic E-state index is 13.2. The van der Waals surface area contributed by atoms with Gasteiger partial charge in [0.25, 0.3) is 5.56 Å². The van der Waals surface area contributed by atoms with Crippen LogP contribution in [0.4, 0.5) is 0 Å². The lowest BCUT2D eigenvalue weighted by molar-refractivity contribution is 0.335. The van der Waals surface area contributed by atoms with Crippen molar-refractivity contribution in [2.24, 2.45) is 28.0 Å². The highest BCUT2D eigenvalue weighted by atomic mass is 16.1. The molecule has 0 unspecified atom stereocenters. The number of nitrogens with two attached hydrogens (primary N) is 2. The molecule has 0 saturated heterocycles. The van der Waals surface area contributed by atoms with E-state index in [4.69, 9.17) is 16.7 Å². The Morgan fingerprint density at radius 3 is 2.63 bits per heavy atom. The van der Waals surface area contributed by atoms with E-state index in [1.54, 1.807) is 0 Å². The van der Waals surface area contributed by atoms with Crippen LogP contribution < -0.4 is 22.7 Å². The minimum atomic E-state index is -0.341. The zero-order chi connectivity index (χ0) is 24.6. The fourth-order valence-corrected chi connectivity index (χ4v) is 4.67. The number of nitrogens with zero attached hydrogens (tertiary/aromatic N) is 3. The molecule has 2 heterocycles. The van der Waals surface area contributed by atoms with Crippen molar-refractivity contribution in [1.82, 2.24) is 20.3 Å². The Labute approximate surface area is 205 Å². The third kappa shape index (κ3) is 5.07. The molecule has 182 valence electrons. The van der Waals surface area contributed by atoms with Crippen LogP contribution in [0.3, 0.4) is 0 Å². The summed E-state index contributed by atoms with van der Waals surface area (Å²) in [6.07, 6.45) is 10.1. The summed E-state index contributed by atoms with van der Waals surface area (Å²) in [4.78, 5) is 16.1. The van der Waals surface area contributed by atoms with Gasteiger partial charge in [-0.3, -0.25) is 9.48 Å². The Balaban J connectivity index is 1.51. The first kappa shape index (κ1) is 23.1. The Kier molecular flexibility index (Phi) is 6.06. The van der Waals surface area contributed by atoms with Gasteiger partial charge in [0, 0.05) is 24.0 Å². The van der Waals surface area contributed by atoms with Gasteiger partial charge in [-0.15, -0.1) is 5.10 Å². The molecule has 5 rings (SSSR count). The minimum absolute atomic E-state index is 0.00884. The molecule has 2 aliphatic rings. The molecule has 1 fully saturated rings. The van der Waals surface area contributed by atoms with Crippen molar-refractivity contribution in [2.45, 2.75) is 52.5 Å². The number of aromatic nitrogens is 3. The zero-order valence-electron chi connectivity index (χ0n) is 20.3.